The van der Waals surface area contributed by atoms with Gasteiger partial charge in [0.25, 0.3) is 0 Å². The Bertz CT molecular complexity index is 892. The largest absolute Gasteiger partial charge is 0.458 e. The van der Waals surface area contributed by atoms with E-state index >= 15 is 0 Å². The van der Waals surface area contributed by atoms with Crippen molar-refractivity contribution < 1.29 is 24.5 Å². The number of aliphatic hydroxyl groups excluding tert-OH is 1. The Hall–Kier alpha value is -1.69. The molecule has 0 aliphatic heterocycles. The number of allylic oxidation sites excluding steroid dienone is 5. The Morgan fingerprint density at radius 3 is 2.71 bits per heavy atom. The summed E-state index contributed by atoms with van der Waals surface area (Å²) >= 11 is 0. The first-order chi connectivity index (χ1) is 15.8. The Balaban J connectivity index is 1.71. The molecule has 1 unspecified atom stereocenters. The van der Waals surface area contributed by atoms with Crippen molar-refractivity contribution in [2.45, 2.75) is 104 Å². The molecule has 5 nitrogen and oxygen atoms in total. The molecule has 2 saturated carbocycles. The third kappa shape index (κ3) is 5.58. The zero-order valence-corrected chi connectivity index (χ0v) is 21.9. The van der Waals surface area contributed by atoms with Crippen molar-refractivity contribution in [3.8, 4) is 0 Å². The summed E-state index contributed by atoms with van der Waals surface area (Å²) in [5.41, 5.74) is 3.99. The van der Waals surface area contributed by atoms with Gasteiger partial charge >= 0.3 is 5.97 Å². The molecule has 5 heteroatoms. The smallest absolute Gasteiger partial charge is 0.332 e. The summed E-state index contributed by atoms with van der Waals surface area (Å²) in [4.78, 5) is 12.3. The molecule has 0 bridgehead atoms. The average molecular weight is 473 g/mol. The number of ether oxygens (including phenoxy) is 2. The van der Waals surface area contributed by atoms with Crippen molar-refractivity contribution in [1.29, 1.82) is 0 Å². The summed E-state index contributed by atoms with van der Waals surface area (Å²) < 4.78 is 11.1. The fraction of sp³-hybridized carbons (Fsp3) is 0.690. The van der Waals surface area contributed by atoms with E-state index in [9.17, 15) is 15.0 Å². The van der Waals surface area contributed by atoms with Crippen molar-refractivity contribution in [2.75, 3.05) is 6.61 Å². The van der Waals surface area contributed by atoms with Gasteiger partial charge in [0.15, 0.2) is 5.79 Å². The van der Waals surface area contributed by atoms with Crippen molar-refractivity contribution in [3.05, 3.63) is 47.1 Å². The van der Waals surface area contributed by atoms with E-state index in [0.29, 0.717) is 11.5 Å². The van der Waals surface area contributed by atoms with Crippen LogP contribution >= 0.6 is 0 Å². The average Bonchev–Trinajstić information content (AvgIpc) is 3.10. The highest BCUT2D eigenvalue weighted by atomic mass is 16.6. The molecule has 4 atom stereocenters. The molecule has 0 aromatic carbocycles. The predicted molar refractivity (Wildman–Crippen MR) is 135 cm³/mol. The molecule has 0 amide bonds. The zero-order valence-electron chi connectivity index (χ0n) is 21.9. The van der Waals surface area contributed by atoms with E-state index in [-0.39, 0.29) is 30.8 Å². The van der Waals surface area contributed by atoms with Crippen molar-refractivity contribution in [2.24, 2.45) is 17.3 Å². The van der Waals surface area contributed by atoms with Gasteiger partial charge in [0, 0.05) is 12.8 Å². The highest BCUT2D eigenvalue weighted by molar-refractivity contribution is 5.71. The molecule has 0 radical (unpaired) electrons. The Kier molecular flexibility index (Phi) is 8.01. The minimum absolute atomic E-state index is 0.0227. The fourth-order valence-electron chi connectivity index (χ4n) is 5.69. The van der Waals surface area contributed by atoms with Gasteiger partial charge < -0.3 is 19.7 Å². The molecule has 0 spiro atoms. The van der Waals surface area contributed by atoms with Crippen LogP contribution in [0.1, 0.15) is 86.5 Å². The molecule has 0 heterocycles. The van der Waals surface area contributed by atoms with Crippen LogP contribution in [0.5, 0.6) is 0 Å². The van der Waals surface area contributed by atoms with Crippen LogP contribution in [0.15, 0.2) is 47.1 Å². The van der Waals surface area contributed by atoms with E-state index in [2.05, 4.69) is 32.6 Å². The molecule has 0 aromatic heterocycles. The maximum atomic E-state index is 12.3. The molecule has 0 aromatic rings. The summed E-state index contributed by atoms with van der Waals surface area (Å²) in [6.45, 7) is 16.0. The molecular formula is C29H44O5. The molecule has 190 valence electrons. The monoisotopic (exact) mass is 472 g/mol. The molecule has 2 fully saturated rings. The number of aliphatic hydroxyl groups is 2. The lowest BCUT2D eigenvalue weighted by Gasteiger charge is -2.41. The quantitative estimate of drug-likeness (QED) is 0.279. The Morgan fingerprint density at radius 1 is 1.35 bits per heavy atom. The van der Waals surface area contributed by atoms with Gasteiger partial charge in [-0.15, -0.1) is 0 Å². The minimum atomic E-state index is -1.64. The summed E-state index contributed by atoms with van der Waals surface area (Å²) in [5.74, 6) is -1.51. The van der Waals surface area contributed by atoms with Gasteiger partial charge in [-0.2, -0.15) is 0 Å². The van der Waals surface area contributed by atoms with E-state index in [4.69, 9.17) is 9.47 Å². The number of fused-ring (bicyclic) bond motifs is 1. The number of hydrogen-bond donors (Lipinski definition) is 2. The number of rotatable bonds is 7. The first kappa shape index (κ1) is 26.9. The first-order valence-corrected chi connectivity index (χ1v) is 12.9. The predicted octanol–water partition coefficient (Wildman–Crippen LogP) is 5.78. The van der Waals surface area contributed by atoms with Crippen LogP contribution in [-0.2, 0) is 14.3 Å². The first-order valence-electron chi connectivity index (χ1n) is 12.9. The molecule has 34 heavy (non-hydrogen) atoms. The number of esters is 1. The van der Waals surface area contributed by atoms with Crippen molar-refractivity contribution >= 4 is 5.97 Å². The number of hydrogen-bond acceptors (Lipinski definition) is 5. The van der Waals surface area contributed by atoms with Gasteiger partial charge in [0.2, 0.25) is 0 Å². The second kappa shape index (κ2) is 10.1. The van der Waals surface area contributed by atoms with Gasteiger partial charge in [-0.1, -0.05) is 63.6 Å². The third-order valence-electron chi connectivity index (χ3n) is 8.61. The maximum absolute atomic E-state index is 12.3. The lowest BCUT2D eigenvalue weighted by Crippen LogP contribution is -2.44. The van der Waals surface area contributed by atoms with E-state index in [1.165, 1.54) is 18.4 Å². The van der Waals surface area contributed by atoms with Gasteiger partial charge in [-0.05, 0) is 74.3 Å². The number of carbonyl (C=O) groups is 1. The normalized spacial score (nSPS) is 34.5. The summed E-state index contributed by atoms with van der Waals surface area (Å²) in [6.07, 6.45) is 11.5. The SMILES string of the molecule is C=C1C(=CC=C2CCC[C@]3(C)C(CC)=CC[C@@H]23)C[C@](O)(OCC(=O)OC(C)(C)C(C)C)CC1O. The van der Waals surface area contributed by atoms with E-state index in [1.54, 1.807) is 5.57 Å². The van der Waals surface area contributed by atoms with Crippen LogP contribution in [0, 0.1) is 17.3 Å². The van der Waals surface area contributed by atoms with E-state index in [1.807, 2.05) is 33.8 Å². The molecule has 2 N–H and O–H groups in total. The van der Waals surface area contributed by atoms with Crippen LogP contribution < -0.4 is 0 Å². The van der Waals surface area contributed by atoms with Crippen molar-refractivity contribution in [3.63, 3.8) is 0 Å². The van der Waals surface area contributed by atoms with Crippen LogP contribution in [-0.4, -0.2) is 40.3 Å². The molecule has 3 rings (SSSR count). The van der Waals surface area contributed by atoms with Crippen LogP contribution in [0.25, 0.3) is 0 Å². The highest BCUT2D eigenvalue weighted by Gasteiger charge is 2.44. The fourth-order valence-corrected chi connectivity index (χ4v) is 5.69. The van der Waals surface area contributed by atoms with E-state index in [0.717, 1.165) is 24.8 Å². The second-order valence-electron chi connectivity index (χ2n) is 11.5. The van der Waals surface area contributed by atoms with Gasteiger partial charge in [-0.3, -0.25) is 0 Å². The molecule has 3 aliphatic rings. The molecular weight excluding hydrogens is 428 g/mol. The highest BCUT2D eigenvalue weighted by Crippen LogP contribution is 2.55. The van der Waals surface area contributed by atoms with Crippen molar-refractivity contribution in [1.82, 2.24) is 0 Å². The van der Waals surface area contributed by atoms with Crippen LogP contribution in [0.2, 0.25) is 0 Å². The maximum Gasteiger partial charge on any atom is 0.332 e. The Morgan fingerprint density at radius 2 is 2.06 bits per heavy atom. The van der Waals surface area contributed by atoms with Crippen LogP contribution in [0.3, 0.4) is 0 Å². The third-order valence-corrected chi connectivity index (χ3v) is 8.61. The number of carbonyl (C=O) groups excluding carboxylic acids is 1. The van der Waals surface area contributed by atoms with Gasteiger partial charge in [0.05, 0.1) is 6.10 Å². The molecule has 3 aliphatic carbocycles. The lowest BCUT2D eigenvalue weighted by molar-refractivity contribution is -0.229. The Labute approximate surface area is 205 Å². The van der Waals surface area contributed by atoms with E-state index < -0.39 is 23.5 Å². The summed E-state index contributed by atoms with van der Waals surface area (Å²) in [7, 11) is 0. The molecule has 0 saturated heterocycles. The zero-order chi connectivity index (χ0) is 25.3. The topological polar surface area (TPSA) is 76.0 Å². The standard InChI is InChI=1S/C29H44O5/c1-8-23-13-14-24-21(10-9-15-28(23,24)7)11-12-22-16-29(32,17-25(30)20(22)4)33-18-26(31)34-27(5,6)19(2)3/h11-13,19,24-25,30,32H,4,8-10,14-18H2,1-3,5-7H3/t24-,25?,28+,29-/m0/s1. The van der Waals surface area contributed by atoms with Crippen LogP contribution in [0.4, 0.5) is 0 Å². The summed E-state index contributed by atoms with van der Waals surface area (Å²) in [5, 5.41) is 21.7. The van der Waals surface area contributed by atoms with Gasteiger partial charge in [0.1, 0.15) is 12.2 Å². The van der Waals surface area contributed by atoms with Gasteiger partial charge in [-0.25, -0.2) is 4.79 Å². The summed E-state index contributed by atoms with van der Waals surface area (Å²) in [6, 6.07) is 0. The lowest BCUT2D eigenvalue weighted by atomic mass is 9.64. The second-order valence-corrected chi connectivity index (χ2v) is 11.5. The minimum Gasteiger partial charge on any atom is -0.458 e.